The molecule has 2 rings (SSSR count). The quantitative estimate of drug-likeness (QED) is 0.795. The smallest absolute Gasteiger partial charge is 0.123 e. The van der Waals surface area contributed by atoms with Crippen molar-refractivity contribution in [1.29, 1.82) is 0 Å². The highest BCUT2D eigenvalue weighted by atomic mass is 19.1. The van der Waals surface area contributed by atoms with Crippen molar-refractivity contribution in [3.8, 4) is 0 Å². The SMILES string of the molecule is CCCNC(C)c1cc(F)ccc1N1CCC(CCC)C1. The molecule has 1 aliphatic heterocycles. The Hall–Kier alpha value is -1.09. The summed E-state index contributed by atoms with van der Waals surface area (Å²) in [5, 5.41) is 3.48. The van der Waals surface area contributed by atoms with Gasteiger partial charge in [-0.15, -0.1) is 0 Å². The molecule has 3 heteroatoms. The monoisotopic (exact) mass is 292 g/mol. The van der Waals surface area contributed by atoms with Crippen molar-refractivity contribution in [2.75, 3.05) is 24.5 Å². The fourth-order valence-electron chi connectivity index (χ4n) is 3.33. The van der Waals surface area contributed by atoms with Gasteiger partial charge >= 0.3 is 0 Å². The second-order valence-corrected chi connectivity index (χ2v) is 6.27. The van der Waals surface area contributed by atoms with Crippen molar-refractivity contribution in [3.05, 3.63) is 29.6 Å². The third kappa shape index (κ3) is 4.19. The third-order valence-electron chi connectivity index (χ3n) is 4.48. The lowest BCUT2D eigenvalue weighted by atomic mass is 10.0. The summed E-state index contributed by atoms with van der Waals surface area (Å²) in [4.78, 5) is 2.44. The molecular formula is C18H29FN2. The van der Waals surface area contributed by atoms with Crippen molar-refractivity contribution in [3.63, 3.8) is 0 Å². The largest absolute Gasteiger partial charge is 0.371 e. The van der Waals surface area contributed by atoms with Crippen LogP contribution in [0.2, 0.25) is 0 Å². The van der Waals surface area contributed by atoms with Crippen LogP contribution in [-0.2, 0) is 0 Å². The molecule has 0 amide bonds. The molecule has 2 unspecified atom stereocenters. The van der Waals surface area contributed by atoms with Crippen LogP contribution in [0.25, 0.3) is 0 Å². The van der Waals surface area contributed by atoms with Gasteiger partial charge in [0.25, 0.3) is 0 Å². The zero-order valence-electron chi connectivity index (χ0n) is 13.7. The number of nitrogens with one attached hydrogen (secondary N) is 1. The Morgan fingerprint density at radius 2 is 2.14 bits per heavy atom. The first-order valence-corrected chi connectivity index (χ1v) is 8.43. The molecule has 0 aliphatic carbocycles. The molecule has 2 atom stereocenters. The maximum Gasteiger partial charge on any atom is 0.123 e. The lowest BCUT2D eigenvalue weighted by Gasteiger charge is -2.25. The third-order valence-corrected chi connectivity index (χ3v) is 4.48. The van der Waals surface area contributed by atoms with Gasteiger partial charge in [-0.2, -0.15) is 0 Å². The summed E-state index contributed by atoms with van der Waals surface area (Å²) in [6.07, 6.45) is 4.92. The van der Waals surface area contributed by atoms with Crippen LogP contribution in [0.5, 0.6) is 0 Å². The Morgan fingerprint density at radius 3 is 2.86 bits per heavy atom. The maximum atomic E-state index is 13.7. The number of halogens is 1. The minimum atomic E-state index is -0.136. The Balaban J connectivity index is 2.15. The minimum absolute atomic E-state index is 0.136. The lowest BCUT2D eigenvalue weighted by molar-refractivity contribution is 0.529. The first-order valence-electron chi connectivity index (χ1n) is 8.43. The zero-order valence-corrected chi connectivity index (χ0v) is 13.7. The fraction of sp³-hybridized carbons (Fsp3) is 0.667. The van der Waals surface area contributed by atoms with Gasteiger partial charge in [0.05, 0.1) is 0 Å². The number of hydrogen-bond acceptors (Lipinski definition) is 2. The Labute approximate surface area is 128 Å². The minimum Gasteiger partial charge on any atom is -0.371 e. The molecule has 2 nitrogen and oxygen atoms in total. The first kappa shape index (κ1) is 16.3. The summed E-state index contributed by atoms with van der Waals surface area (Å²) < 4.78 is 13.7. The molecule has 1 aromatic rings. The summed E-state index contributed by atoms with van der Waals surface area (Å²) in [7, 11) is 0. The number of rotatable bonds is 7. The predicted octanol–water partition coefficient (Wildman–Crippen LogP) is 4.51. The summed E-state index contributed by atoms with van der Waals surface area (Å²) in [5.41, 5.74) is 2.31. The van der Waals surface area contributed by atoms with E-state index in [9.17, 15) is 4.39 Å². The van der Waals surface area contributed by atoms with Crippen LogP contribution in [0.3, 0.4) is 0 Å². The Morgan fingerprint density at radius 1 is 1.33 bits per heavy atom. The molecule has 0 radical (unpaired) electrons. The van der Waals surface area contributed by atoms with Crippen molar-refractivity contribution >= 4 is 5.69 Å². The lowest BCUT2D eigenvalue weighted by Crippen LogP contribution is -2.25. The maximum absolute atomic E-state index is 13.7. The molecule has 0 bridgehead atoms. The highest BCUT2D eigenvalue weighted by molar-refractivity contribution is 5.56. The Kier molecular flexibility index (Phi) is 6.04. The normalized spacial score (nSPS) is 20.0. The second kappa shape index (κ2) is 7.79. The molecule has 0 aromatic heterocycles. The Bertz CT molecular complexity index is 447. The van der Waals surface area contributed by atoms with Crippen molar-refractivity contribution < 1.29 is 4.39 Å². The molecule has 1 fully saturated rings. The van der Waals surface area contributed by atoms with Crippen LogP contribution in [0.15, 0.2) is 18.2 Å². The zero-order chi connectivity index (χ0) is 15.2. The number of benzene rings is 1. The molecular weight excluding hydrogens is 263 g/mol. The fourth-order valence-corrected chi connectivity index (χ4v) is 3.33. The summed E-state index contributed by atoms with van der Waals surface area (Å²) in [5.74, 6) is 0.662. The molecule has 1 heterocycles. The van der Waals surface area contributed by atoms with E-state index in [2.05, 4.69) is 31.0 Å². The van der Waals surface area contributed by atoms with Crippen LogP contribution in [0.1, 0.15) is 58.1 Å². The number of anilines is 1. The van der Waals surface area contributed by atoms with Crippen LogP contribution in [0, 0.1) is 11.7 Å². The second-order valence-electron chi connectivity index (χ2n) is 6.27. The van der Waals surface area contributed by atoms with Crippen LogP contribution < -0.4 is 10.2 Å². The van der Waals surface area contributed by atoms with E-state index >= 15 is 0 Å². The van der Waals surface area contributed by atoms with Crippen LogP contribution in [-0.4, -0.2) is 19.6 Å². The molecule has 0 spiro atoms. The topological polar surface area (TPSA) is 15.3 Å². The highest BCUT2D eigenvalue weighted by Gasteiger charge is 2.24. The van der Waals surface area contributed by atoms with Gasteiger partial charge in [0, 0.05) is 24.8 Å². The van der Waals surface area contributed by atoms with E-state index in [4.69, 9.17) is 0 Å². The standard InChI is InChI=1S/C18H29FN2/c1-4-6-15-9-11-21(13-15)18-8-7-16(19)12-17(18)14(3)20-10-5-2/h7-8,12,14-15,20H,4-6,9-11,13H2,1-3H3. The van der Waals surface area contributed by atoms with Gasteiger partial charge in [-0.05, 0) is 62.4 Å². The molecule has 1 aliphatic rings. The predicted molar refractivity (Wildman–Crippen MR) is 88.3 cm³/mol. The number of nitrogens with zero attached hydrogens (tertiary/aromatic N) is 1. The van der Waals surface area contributed by atoms with Crippen molar-refractivity contribution in [1.82, 2.24) is 5.32 Å². The van der Waals surface area contributed by atoms with Crippen molar-refractivity contribution in [2.24, 2.45) is 5.92 Å². The van der Waals surface area contributed by atoms with E-state index in [-0.39, 0.29) is 11.9 Å². The van der Waals surface area contributed by atoms with Gasteiger partial charge in [-0.25, -0.2) is 4.39 Å². The summed E-state index contributed by atoms with van der Waals surface area (Å²) >= 11 is 0. The van der Waals surface area contributed by atoms with Gasteiger partial charge < -0.3 is 10.2 Å². The average Bonchev–Trinajstić information content (AvgIpc) is 2.93. The van der Waals surface area contributed by atoms with E-state index in [0.29, 0.717) is 0 Å². The molecule has 1 N–H and O–H groups in total. The van der Waals surface area contributed by atoms with Crippen LogP contribution >= 0.6 is 0 Å². The molecule has 118 valence electrons. The van der Waals surface area contributed by atoms with E-state index in [1.165, 1.54) is 24.9 Å². The van der Waals surface area contributed by atoms with Crippen LogP contribution in [0.4, 0.5) is 10.1 Å². The van der Waals surface area contributed by atoms with E-state index in [0.717, 1.165) is 37.5 Å². The first-order chi connectivity index (χ1) is 10.2. The highest BCUT2D eigenvalue weighted by Crippen LogP contribution is 2.32. The van der Waals surface area contributed by atoms with Gasteiger partial charge in [-0.3, -0.25) is 0 Å². The molecule has 21 heavy (non-hydrogen) atoms. The van der Waals surface area contributed by atoms with Gasteiger partial charge in [0.2, 0.25) is 0 Å². The van der Waals surface area contributed by atoms with Gasteiger partial charge in [-0.1, -0.05) is 20.3 Å². The summed E-state index contributed by atoms with van der Waals surface area (Å²) in [6, 6.07) is 5.46. The average molecular weight is 292 g/mol. The van der Waals surface area contributed by atoms with E-state index < -0.39 is 0 Å². The number of hydrogen-bond donors (Lipinski definition) is 1. The summed E-state index contributed by atoms with van der Waals surface area (Å²) in [6.45, 7) is 9.73. The van der Waals surface area contributed by atoms with E-state index in [1.807, 2.05) is 6.07 Å². The molecule has 1 aromatic carbocycles. The van der Waals surface area contributed by atoms with Gasteiger partial charge in [0.1, 0.15) is 5.82 Å². The molecule has 0 saturated carbocycles. The van der Waals surface area contributed by atoms with E-state index in [1.54, 1.807) is 12.1 Å². The molecule has 1 saturated heterocycles. The van der Waals surface area contributed by atoms with Crippen molar-refractivity contribution in [2.45, 2.75) is 52.5 Å². The van der Waals surface area contributed by atoms with Gasteiger partial charge in [0.15, 0.2) is 0 Å².